The van der Waals surface area contributed by atoms with E-state index in [9.17, 15) is 24.5 Å². The van der Waals surface area contributed by atoms with Crippen molar-refractivity contribution in [3.8, 4) is 0 Å². The molecule has 0 saturated heterocycles. The number of carbonyl (C=O) groups is 2. The lowest BCUT2D eigenvalue weighted by Gasteiger charge is -2.18. The first-order valence-corrected chi connectivity index (χ1v) is 10.4. The summed E-state index contributed by atoms with van der Waals surface area (Å²) in [6.45, 7) is 1.43. The fourth-order valence-corrected chi connectivity index (χ4v) is 3.25. The molecule has 3 N–H and O–H groups in total. The van der Waals surface area contributed by atoms with Crippen molar-refractivity contribution in [2.24, 2.45) is 5.10 Å². The minimum absolute atomic E-state index is 0.0952. The van der Waals surface area contributed by atoms with E-state index in [0.717, 1.165) is 4.80 Å². The van der Waals surface area contributed by atoms with Crippen LogP contribution in [0.4, 0.5) is 5.95 Å². The van der Waals surface area contributed by atoms with E-state index in [4.69, 9.17) is 0 Å². The van der Waals surface area contributed by atoms with E-state index in [0.29, 0.717) is 10.9 Å². The van der Waals surface area contributed by atoms with Gasteiger partial charge in [0, 0.05) is 16.2 Å². The van der Waals surface area contributed by atoms with Gasteiger partial charge in [-0.2, -0.15) is 10.2 Å². The van der Waals surface area contributed by atoms with Gasteiger partial charge in [-0.3, -0.25) is 14.4 Å². The summed E-state index contributed by atoms with van der Waals surface area (Å²) in [4.78, 5) is 49.1. The first-order valence-electron chi connectivity index (χ1n) is 10.4. The van der Waals surface area contributed by atoms with Crippen LogP contribution in [0.3, 0.4) is 0 Å². The number of H-pyrrole nitrogens is 1. The fraction of sp³-hybridized carbons (Fsp3) is 0.143. The summed E-state index contributed by atoms with van der Waals surface area (Å²) in [5.74, 6) is -1.97. The third-order valence-corrected chi connectivity index (χ3v) is 4.91. The largest absolute Gasteiger partial charge is 0.514 e. The van der Waals surface area contributed by atoms with E-state index in [2.05, 4.69) is 41.5 Å². The highest BCUT2D eigenvalue weighted by Crippen LogP contribution is 2.20. The molecule has 1 atom stereocenters. The van der Waals surface area contributed by atoms with Gasteiger partial charge in [-0.15, -0.1) is 0 Å². The molecule has 0 unspecified atom stereocenters. The van der Waals surface area contributed by atoms with Crippen molar-refractivity contribution in [2.45, 2.75) is 19.5 Å². The Labute approximate surface area is 201 Å². The molecule has 0 aliphatic carbocycles. The second-order valence-corrected chi connectivity index (χ2v) is 7.46. The number of aromatic nitrogens is 6. The zero-order valence-corrected chi connectivity index (χ0v) is 18.7. The molecular formula is C21H18N10O5. The van der Waals surface area contributed by atoms with Gasteiger partial charge in [0.25, 0.3) is 17.4 Å². The summed E-state index contributed by atoms with van der Waals surface area (Å²) in [6.07, 6.45) is 0. The van der Waals surface area contributed by atoms with E-state index < -0.39 is 34.3 Å². The van der Waals surface area contributed by atoms with Crippen LogP contribution in [0.15, 0.2) is 64.5 Å². The average Bonchev–Trinajstić information content (AvgIpc) is 3.36. The molecule has 0 spiro atoms. The summed E-state index contributed by atoms with van der Waals surface area (Å²) < 4.78 is 0. The normalized spacial score (nSPS) is 12.2. The van der Waals surface area contributed by atoms with Crippen LogP contribution < -0.4 is 16.3 Å². The van der Waals surface area contributed by atoms with Crippen LogP contribution in [0.25, 0.3) is 10.8 Å². The molecule has 0 bridgehead atoms. The minimum Gasteiger partial charge on any atom is -0.390 e. The molecule has 2 heterocycles. The molecule has 2 aromatic carbocycles. The number of hydrogen-bond acceptors (Lipinski definition) is 10. The Hall–Kier alpha value is -5.34. The van der Waals surface area contributed by atoms with Crippen LogP contribution in [0, 0.1) is 10.1 Å². The number of hydrazone groups is 1. The van der Waals surface area contributed by atoms with Crippen LogP contribution in [0.1, 0.15) is 29.0 Å². The number of nitrogens with one attached hydrogen (secondary N) is 3. The Morgan fingerprint density at radius 2 is 1.83 bits per heavy atom. The molecule has 15 heteroatoms. The van der Waals surface area contributed by atoms with Crippen molar-refractivity contribution in [3.63, 3.8) is 0 Å². The van der Waals surface area contributed by atoms with E-state index in [1.54, 1.807) is 54.6 Å². The number of nitro groups is 1. The van der Waals surface area contributed by atoms with E-state index >= 15 is 0 Å². The number of hydrogen-bond donors (Lipinski definition) is 3. The van der Waals surface area contributed by atoms with E-state index in [-0.39, 0.29) is 23.3 Å². The van der Waals surface area contributed by atoms with Gasteiger partial charge in [0.1, 0.15) is 12.2 Å². The molecular weight excluding hydrogens is 472 g/mol. The van der Waals surface area contributed by atoms with Gasteiger partial charge in [-0.05, 0) is 30.0 Å². The van der Waals surface area contributed by atoms with Gasteiger partial charge in [0.15, 0.2) is 6.04 Å². The number of nitrogens with zero attached hydrogens (tertiary/aromatic N) is 7. The zero-order valence-electron chi connectivity index (χ0n) is 18.7. The van der Waals surface area contributed by atoms with E-state index in [1.165, 1.54) is 6.92 Å². The lowest BCUT2D eigenvalue weighted by atomic mass is 10.0. The summed E-state index contributed by atoms with van der Waals surface area (Å²) in [5.41, 5.74) is 2.59. The Morgan fingerprint density at radius 1 is 1.14 bits per heavy atom. The highest BCUT2D eigenvalue weighted by atomic mass is 16.6. The highest BCUT2D eigenvalue weighted by molar-refractivity contribution is 5.99. The predicted molar refractivity (Wildman–Crippen MR) is 125 cm³/mol. The highest BCUT2D eigenvalue weighted by Gasteiger charge is 2.27. The molecule has 182 valence electrons. The molecule has 4 aromatic rings. The zero-order chi connectivity index (χ0) is 25.7. The van der Waals surface area contributed by atoms with Crippen LogP contribution >= 0.6 is 0 Å². The van der Waals surface area contributed by atoms with Gasteiger partial charge < -0.3 is 15.4 Å². The molecule has 4 rings (SSSR count). The van der Waals surface area contributed by atoms with Crippen LogP contribution in [0.2, 0.25) is 0 Å². The maximum absolute atomic E-state index is 13.2. The number of fused-ring (bicyclic) bond motifs is 1. The summed E-state index contributed by atoms with van der Waals surface area (Å²) in [7, 11) is 0. The molecule has 0 aliphatic rings. The van der Waals surface area contributed by atoms with Crippen molar-refractivity contribution < 1.29 is 14.5 Å². The molecule has 2 aromatic heterocycles. The molecule has 0 aliphatic heterocycles. The van der Waals surface area contributed by atoms with Gasteiger partial charge in [-0.25, -0.2) is 10.5 Å². The molecule has 0 saturated carbocycles. The standard InChI is InChI=1S/C21H18N10O5/c1-12(11-30-28-21(27-29-30)31(35)36)23-26-20(34)17(22-18(32)13-7-3-2-4-8-13)16-14-9-5-6-10-15(14)19(33)25-24-16/h2-10,17H,11H2,1H3,(H,22,32)(H,25,33)(H,26,34)/t17-/m0/s1. The number of amides is 2. The lowest BCUT2D eigenvalue weighted by Crippen LogP contribution is -2.40. The summed E-state index contributed by atoms with van der Waals surface area (Å²) in [5, 5.41) is 34.7. The Bertz CT molecular complexity index is 1530. The van der Waals surface area contributed by atoms with E-state index in [1.807, 2.05) is 0 Å². The van der Waals surface area contributed by atoms with Crippen molar-refractivity contribution >= 4 is 34.2 Å². The van der Waals surface area contributed by atoms with Gasteiger partial charge >= 0.3 is 5.95 Å². The van der Waals surface area contributed by atoms with Crippen molar-refractivity contribution in [1.82, 2.24) is 41.1 Å². The molecule has 0 fully saturated rings. The van der Waals surface area contributed by atoms with Gasteiger partial charge in [-0.1, -0.05) is 41.2 Å². The van der Waals surface area contributed by atoms with Gasteiger partial charge in [0.05, 0.1) is 21.3 Å². The number of rotatable bonds is 8. The molecule has 2 amide bonds. The van der Waals surface area contributed by atoms with Crippen molar-refractivity contribution in [2.75, 3.05) is 0 Å². The lowest BCUT2D eigenvalue weighted by molar-refractivity contribution is -0.394. The second-order valence-electron chi connectivity index (χ2n) is 7.46. The first kappa shape index (κ1) is 23.8. The maximum atomic E-state index is 13.2. The minimum atomic E-state index is -1.33. The smallest absolute Gasteiger partial charge is 0.390 e. The molecule has 0 radical (unpaired) electrons. The summed E-state index contributed by atoms with van der Waals surface area (Å²) >= 11 is 0. The average molecular weight is 490 g/mol. The Balaban J connectivity index is 1.62. The third kappa shape index (κ3) is 5.24. The molecule has 36 heavy (non-hydrogen) atoms. The van der Waals surface area contributed by atoms with Crippen LogP contribution in [-0.4, -0.2) is 52.9 Å². The topological polar surface area (TPSA) is 203 Å². The number of aromatic amines is 1. The Kier molecular flexibility index (Phi) is 6.80. The Morgan fingerprint density at radius 3 is 2.53 bits per heavy atom. The van der Waals surface area contributed by atoms with Crippen LogP contribution in [0.5, 0.6) is 0 Å². The van der Waals surface area contributed by atoms with Gasteiger partial charge in [0.2, 0.25) is 0 Å². The first-order chi connectivity index (χ1) is 17.3. The summed E-state index contributed by atoms with van der Waals surface area (Å²) in [6, 6.07) is 13.4. The van der Waals surface area contributed by atoms with Crippen LogP contribution in [-0.2, 0) is 11.3 Å². The van der Waals surface area contributed by atoms with Crippen molar-refractivity contribution in [1.29, 1.82) is 0 Å². The SMILES string of the molecule is CC(Cn1nnc([N+](=O)[O-])n1)=NNC(=O)[C@@H](NC(=O)c1ccccc1)c1n[nH]c(=O)c2ccccc12. The maximum Gasteiger partial charge on any atom is 0.514 e. The van der Waals surface area contributed by atoms with Crippen molar-refractivity contribution in [3.05, 3.63) is 86.3 Å². The monoisotopic (exact) mass is 490 g/mol. The quantitative estimate of drug-likeness (QED) is 0.178. The second kappa shape index (κ2) is 10.3. The molecule has 15 nitrogen and oxygen atoms in total. The number of carbonyl (C=O) groups excluding carboxylic acids is 2. The predicted octanol–water partition coefficient (Wildman–Crippen LogP) is 0.481. The number of tetrazole rings is 1. The fourth-order valence-electron chi connectivity index (χ4n) is 3.25. The third-order valence-electron chi connectivity index (χ3n) is 4.91. The number of benzene rings is 2.